The van der Waals surface area contributed by atoms with Crippen LogP contribution in [0.3, 0.4) is 0 Å². The maximum absolute atomic E-state index is 10.6. The van der Waals surface area contributed by atoms with Crippen molar-refractivity contribution in [2.24, 2.45) is 0 Å². The Balaban J connectivity index is 0. The minimum absolute atomic E-state index is 0. The maximum atomic E-state index is 10.6. The Hall–Kier alpha value is -1.42. The Labute approximate surface area is 146 Å². The summed E-state index contributed by atoms with van der Waals surface area (Å²) in [5.74, 6) is 0.0891. The van der Waals surface area contributed by atoms with E-state index < -0.39 is 0 Å². The summed E-state index contributed by atoms with van der Waals surface area (Å²) in [7, 11) is 0. The van der Waals surface area contributed by atoms with Crippen LogP contribution in [0.2, 0.25) is 0 Å². The van der Waals surface area contributed by atoms with Crippen molar-refractivity contribution in [1.29, 1.82) is 0 Å². The summed E-state index contributed by atoms with van der Waals surface area (Å²) < 4.78 is 1.22. The molecule has 124 valence electrons. The van der Waals surface area contributed by atoms with Gasteiger partial charge in [0.25, 0.3) is 0 Å². The number of hydrogen-bond acceptors (Lipinski definition) is 6. The summed E-state index contributed by atoms with van der Waals surface area (Å²) >= 11 is 6.31. The highest BCUT2D eigenvalue weighted by Crippen LogP contribution is 2.16. The first-order valence-electron chi connectivity index (χ1n) is 5.47. The van der Waals surface area contributed by atoms with Gasteiger partial charge in [-0.1, -0.05) is 14.9 Å². The summed E-state index contributed by atoms with van der Waals surface area (Å²) in [6.45, 7) is 3.48. The van der Waals surface area contributed by atoms with Gasteiger partial charge in [-0.05, 0) is 45.7 Å². The first-order valence-corrected chi connectivity index (χ1v) is 7.06. The van der Waals surface area contributed by atoms with Crippen molar-refractivity contribution in [3.05, 3.63) is 21.6 Å². The Kier molecular flexibility index (Phi) is 11.6. The molecule has 0 aliphatic heterocycles. The number of carbonyl (C=O) groups excluding carboxylic acids is 2. The van der Waals surface area contributed by atoms with Gasteiger partial charge in [0.1, 0.15) is 13.1 Å². The lowest BCUT2D eigenvalue weighted by molar-refractivity contribution is -0.118. The Morgan fingerprint density at radius 2 is 1.27 bits per heavy atom. The minimum Gasteiger partial charge on any atom is -0.298 e. The zero-order chi connectivity index (χ0) is 15.1. The zero-order valence-electron chi connectivity index (χ0n) is 10.8. The van der Waals surface area contributed by atoms with Crippen LogP contribution in [0.25, 0.3) is 0 Å². The molecule has 0 aliphatic carbocycles. The molecule has 2 heterocycles. The summed E-state index contributed by atoms with van der Waals surface area (Å²) in [6, 6.07) is 0. The van der Waals surface area contributed by atoms with Gasteiger partial charge in [0.2, 0.25) is 0 Å². The van der Waals surface area contributed by atoms with E-state index in [4.69, 9.17) is 0 Å². The minimum atomic E-state index is 0. The third-order valence-electron chi connectivity index (χ3n) is 1.77. The molecule has 0 unspecified atom stereocenters. The summed E-state index contributed by atoms with van der Waals surface area (Å²) in [5.41, 5.74) is 0. The fourth-order valence-corrected chi connectivity index (χ4v) is 1.63. The van der Waals surface area contributed by atoms with Gasteiger partial charge < -0.3 is 0 Å². The van der Waals surface area contributed by atoms with Gasteiger partial charge in [-0.15, -0.1) is 10.2 Å². The molecule has 0 fully saturated rings. The maximum Gasteiger partial charge on any atom is 0.162 e. The molecular formula is C12H20Br2N6O2. The molecule has 0 aliphatic rings. The molecule has 2 aromatic rings. The lowest BCUT2D eigenvalue weighted by Gasteiger charge is -1.90. The van der Waals surface area contributed by atoms with Gasteiger partial charge in [0.15, 0.2) is 20.8 Å². The predicted molar refractivity (Wildman–Crippen MR) is 90.3 cm³/mol. The van der Waals surface area contributed by atoms with Gasteiger partial charge in [-0.3, -0.25) is 9.59 Å². The summed E-state index contributed by atoms with van der Waals surface area (Å²) in [6.07, 6.45) is 3.09. The van der Waals surface area contributed by atoms with E-state index in [1.54, 1.807) is 12.4 Å². The van der Waals surface area contributed by atoms with E-state index in [9.17, 15) is 9.59 Å². The lowest BCUT2D eigenvalue weighted by Crippen LogP contribution is -2.09. The molecule has 0 aromatic carbocycles. The smallest absolute Gasteiger partial charge is 0.162 e. The number of aromatic nitrogens is 6. The third-order valence-corrected chi connectivity index (χ3v) is 3.37. The second-order valence-corrected chi connectivity index (χ2v) is 5.28. The normalized spacial score (nSPS) is 8.91. The monoisotopic (exact) mass is 438 g/mol. The molecule has 10 heteroatoms. The second kappa shape index (κ2) is 11.2. The number of rotatable bonds is 4. The molecule has 22 heavy (non-hydrogen) atoms. The van der Waals surface area contributed by atoms with Crippen molar-refractivity contribution in [3.63, 3.8) is 0 Å². The van der Waals surface area contributed by atoms with Crippen molar-refractivity contribution in [1.82, 2.24) is 30.0 Å². The van der Waals surface area contributed by atoms with E-state index in [2.05, 4.69) is 52.3 Å². The Morgan fingerprint density at radius 1 is 0.909 bits per heavy atom. The Bertz CT molecular complexity index is 563. The van der Waals surface area contributed by atoms with Crippen LogP contribution in [0.15, 0.2) is 21.6 Å². The number of ketones is 2. The van der Waals surface area contributed by atoms with Crippen LogP contribution in [0.4, 0.5) is 0 Å². The van der Waals surface area contributed by atoms with Crippen LogP contribution in [0.5, 0.6) is 0 Å². The van der Waals surface area contributed by atoms with Crippen molar-refractivity contribution in [2.45, 2.75) is 41.8 Å². The molecule has 0 saturated carbocycles. The SMILES string of the molecule is C.C.CC(=O)Cn1nc(Br)c(Br)n1.CC(=O)Cn1nccn1. The van der Waals surface area contributed by atoms with Crippen LogP contribution in [0.1, 0.15) is 28.7 Å². The van der Waals surface area contributed by atoms with Gasteiger partial charge in [0, 0.05) is 0 Å². The van der Waals surface area contributed by atoms with E-state index in [1.807, 2.05) is 0 Å². The molecule has 0 N–H and O–H groups in total. The van der Waals surface area contributed by atoms with E-state index in [1.165, 1.54) is 23.4 Å². The van der Waals surface area contributed by atoms with Crippen LogP contribution >= 0.6 is 31.9 Å². The second-order valence-electron chi connectivity index (χ2n) is 3.78. The average Bonchev–Trinajstić information content (AvgIpc) is 2.89. The topological polar surface area (TPSA) is 95.6 Å². The molecule has 0 bridgehead atoms. The summed E-state index contributed by atoms with van der Waals surface area (Å²) in [4.78, 5) is 23.7. The first-order chi connectivity index (χ1) is 9.38. The highest BCUT2D eigenvalue weighted by Gasteiger charge is 2.05. The fraction of sp³-hybridized carbons (Fsp3) is 0.500. The number of Topliss-reactive ketones (excluding diaryl/α,β-unsaturated/α-hetero) is 2. The molecular weight excluding hydrogens is 420 g/mol. The molecule has 0 radical (unpaired) electrons. The van der Waals surface area contributed by atoms with Crippen LogP contribution < -0.4 is 0 Å². The van der Waals surface area contributed by atoms with Gasteiger partial charge in [-0.2, -0.15) is 19.8 Å². The lowest BCUT2D eigenvalue weighted by atomic mass is 10.5. The summed E-state index contributed by atoms with van der Waals surface area (Å²) in [5, 5.41) is 15.3. The van der Waals surface area contributed by atoms with Crippen molar-refractivity contribution >= 4 is 43.4 Å². The highest BCUT2D eigenvalue weighted by atomic mass is 79.9. The molecule has 0 spiro atoms. The Morgan fingerprint density at radius 3 is 1.64 bits per heavy atom. The fourth-order valence-electron chi connectivity index (χ4n) is 1.10. The van der Waals surface area contributed by atoms with E-state index in [0.29, 0.717) is 9.21 Å². The zero-order valence-corrected chi connectivity index (χ0v) is 14.0. The van der Waals surface area contributed by atoms with Crippen molar-refractivity contribution in [2.75, 3.05) is 0 Å². The molecule has 0 amide bonds. The molecule has 0 saturated heterocycles. The molecule has 0 atom stereocenters. The number of halogens is 2. The van der Waals surface area contributed by atoms with E-state index in [0.717, 1.165) is 0 Å². The standard InChI is InChI=1S/C5H5Br2N3O.C5H7N3O.2CH4/c1-3(11)2-10-8-4(6)5(7)9-10;1-5(9)4-8-6-2-3-7-8;;/h2H2,1H3;2-3H,4H2,1H3;2*1H4. The molecule has 2 rings (SSSR count). The van der Waals surface area contributed by atoms with E-state index in [-0.39, 0.29) is 39.5 Å². The van der Waals surface area contributed by atoms with E-state index >= 15 is 0 Å². The molecule has 2 aromatic heterocycles. The van der Waals surface area contributed by atoms with Crippen LogP contribution in [-0.2, 0) is 22.7 Å². The largest absolute Gasteiger partial charge is 0.298 e. The highest BCUT2D eigenvalue weighted by molar-refractivity contribution is 9.13. The number of hydrogen-bond donors (Lipinski definition) is 0. The van der Waals surface area contributed by atoms with Crippen LogP contribution in [0, 0.1) is 0 Å². The number of carbonyl (C=O) groups is 2. The van der Waals surface area contributed by atoms with Gasteiger partial charge >= 0.3 is 0 Å². The quantitative estimate of drug-likeness (QED) is 0.726. The van der Waals surface area contributed by atoms with Crippen LogP contribution in [-0.4, -0.2) is 41.6 Å². The third kappa shape index (κ3) is 8.78. The first kappa shape index (κ1) is 22.9. The van der Waals surface area contributed by atoms with Crippen molar-refractivity contribution < 1.29 is 9.59 Å². The van der Waals surface area contributed by atoms with Gasteiger partial charge in [-0.25, -0.2) is 0 Å². The average molecular weight is 440 g/mol. The van der Waals surface area contributed by atoms with Crippen molar-refractivity contribution in [3.8, 4) is 0 Å². The number of nitrogens with zero attached hydrogens (tertiary/aromatic N) is 6. The molecule has 8 nitrogen and oxygen atoms in total. The van der Waals surface area contributed by atoms with Gasteiger partial charge in [0.05, 0.1) is 12.4 Å². The predicted octanol–water partition coefficient (Wildman–Crippen LogP) is 2.53.